The number of halogens is 2. The normalized spacial score (nSPS) is 16.0. The van der Waals surface area contributed by atoms with E-state index in [2.05, 4.69) is 12.2 Å². The van der Waals surface area contributed by atoms with Crippen molar-refractivity contribution < 1.29 is 4.79 Å². The van der Waals surface area contributed by atoms with Crippen LogP contribution < -0.4 is 10.9 Å². The summed E-state index contributed by atoms with van der Waals surface area (Å²) in [6, 6.07) is 4.86. The predicted octanol–water partition coefficient (Wildman–Crippen LogP) is 4.59. The molecule has 9 heteroatoms. The van der Waals surface area contributed by atoms with Crippen molar-refractivity contribution in [3.05, 3.63) is 54.9 Å². The van der Waals surface area contributed by atoms with Crippen LogP contribution in [0.15, 0.2) is 23.0 Å². The minimum absolute atomic E-state index is 0.134. The highest BCUT2D eigenvalue weighted by molar-refractivity contribution is 7.18. The van der Waals surface area contributed by atoms with Gasteiger partial charge in [-0.05, 0) is 63.0 Å². The first-order valence-electron chi connectivity index (χ1n) is 10.2. The maximum absolute atomic E-state index is 13.5. The Hall–Kier alpha value is -1.93. The van der Waals surface area contributed by atoms with Crippen molar-refractivity contribution in [1.82, 2.24) is 14.5 Å². The first kappa shape index (κ1) is 22.3. The summed E-state index contributed by atoms with van der Waals surface area (Å²) in [5.74, 6) is 0.843. The Kier molecular flexibility index (Phi) is 6.40. The molecule has 1 unspecified atom stereocenters. The van der Waals surface area contributed by atoms with Crippen molar-refractivity contribution in [3.8, 4) is 0 Å². The molecule has 0 bridgehead atoms. The predicted molar refractivity (Wildman–Crippen MR) is 128 cm³/mol. The smallest absolute Gasteiger partial charge is 0.263 e. The molecule has 1 N–H and O–H groups in total. The van der Waals surface area contributed by atoms with Gasteiger partial charge in [-0.3, -0.25) is 14.2 Å². The molecular formula is C22H24Cl2N4O2S. The van der Waals surface area contributed by atoms with Gasteiger partial charge in [-0.25, -0.2) is 4.98 Å². The van der Waals surface area contributed by atoms with Gasteiger partial charge in [0.05, 0.1) is 22.6 Å². The first-order chi connectivity index (χ1) is 14.7. The number of thiophene rings is 1. The van der Waals surface area contributed by atoms with Gasteiger partial charge in [-0.15, -0.1) is 11.3 Å². The topological polar surface area (TPSA) is 67.2 Å². The van der Waals surface area contributed by atoms with Crippen molar-refractivity contribution in [2.24, 2.45) is 5.92 Å². The molecule has 0 fully saturated rings. The maximum Gasteiger partial charge on any atom is 0.263 e. The van der Waals surface area contributed by atoms with Gasteiger partial charge in [0.25, 0.3) is 5.56 Å². The molecule has 1 aliphatic carbocycles. The number of hydrogen-bond acceptors (Lipinski definition) is 5. The van der Waals surface area contributed by atoms with E-state index in [4.69, 9.17) is 28.2 Å². The number of hydrogen-bond donors (Lipinski definition) is 1. The summed E-state index contributed by atoms with van der Waals surface area (Å²) in [5, 5.41) is 4.28. The fraction of sp³-hybridized carbons (Fsp3) is 0.409. The Morgan fingerprint density at radius 1 is 1.35 bits per heavy atom. The number of rotatable bonds is 5. The Labute approximate surface area is 194 Å². The number of nitrogens with zero attached hydrogens (tertiary/aromatic N) is 3. The van der Waals surface area contributed by atoms with Crippen LogP contribution in [0.2, 0.25) is 10.0 Å². The molecule has 31 heavy (non-hydrogen) atoms. The summed E-state index contributed by atoms with van der Waals surface area (Å²) in [7, 11) is 3.82. The zero-order valence-electron chi connectivity index (χ0n) is 17.7. The lowest BCUT2D eigenvalue weighted by Gasteiger charge is -2.18. The summed E-state index contributed by atoms with van der Waals surface area (Å²) >= 11 is 13.7. The van der Waals surface area contributed by atoms with Crippen LogP contribution in [0.3, 0.4) is 0 Å². The van der Waals surface area contributed by atoms with Crippen LogP contribution in [0, 0.1) is 5.92 Å². The summed E-state index contributed by atoms with van der Waals surface area (Å²) in [5.41, 5.74) is 1.42. The van der Waals surface area contributed by atoms with E-state index in [-0.39, 0.29) is 18.0 Å². The first-order valence-corrected chi connectivity index (χ1v) is 11.7. The van der Waals surface area contributed by atoms with Gasteiger partial charge >= 0.3 is 0 Å². The fourth-order valence-electron chi connectivity index (χ4n) is 3.96. The molecule has 164 valence electrons. The van der Waals surface area contributed by atoms with Crippen molar-refractivity contribution in [2.75, 3.05) is 19.4 Å². The molecule has 1 aromatic carbocycles. The molecule has 6 nitrogen and oxygen atoms in total. The van der Waals surface area contributed by atoms with E-state index in [1.165, 1.54) is 9.44 Å². The van der Waals surface area contributed by atoms with E-state index in [0.29, 0.717) is 39.4 Å². The average Bonchev–Trinajstić information content (AvgIpc) is 3.04. The Morgan fingerprint density at radius 2 is 2.13 bits per heavy atom. The molecule has 3 aromatic rings. The van der Waals surface area contributed by atoms with E-state index in [0.717, 1.165) is 29.7 Å². The Balaban J connectivity index is 1.73. The molecule has 1 atom stereocenters. The lowest BCUT2D eigenvalue weighted by atomic mass is 9.89. The van der Waals surface area contributed by atoms with Crippen molar-refractivity contribution in [2.45, 2.75) is 39.3 Å². The number of benzene rings is 1. The van der Waals surface area contributed by atoms with Crippen LogP contribution in [0.5, 0.6) is 0 Å². The second-order valence-electron chi connectivity index (χ2n) is 8.36. The monoisotopic (exact) mass is 478 g/mol. The number of aromatic nitrogens is 2. The summed E-state index contributed by atoms with van der Waals surface area (Å²) in [6.07, 6.45) is 2.93. The van der Waals surface area contributed by atoms with Crippen molar-refractivity contribution >= 4 is 56.3 Å². The number of aryl methyl sites for hydroxylation is 1. The quantitative estimate of drug-likeness (QED) is 0.582. The molecule has 0 saturated carbocycles. The Morgan fingerprint density at radius 3 is 2.84 bits per heavy atom. The average molecular weight is 479 g/mol. The molecule has 0 spiro atoms. The highest BCUT2D eigenvalue weighted by Gasteiger charge is 2.25. The van der Waals surface area contributed by atoms with Crippen molar-refractivity contribution in [3.63, 3.8) is 0 Å². The van der Waals surface area contributed by atoms with Gasteiger partial charge in [0, 0.05) is 9.90 Å². The van der Waals surface area contributed by atoms with Crippen LogP contribution in [0.25, 0.3) is 10.2 Å². The summed E-state index contributed by atoms with van der Waals surface area (Å²) < 4.78 is 1.49. The van der Waals surface area contributed by atoms with E-state index in [1.54, 1.807) is 29.5 Å². The SMILES string of the molecule is CC1CCc2c(sc3nc(CN(C)C)n(CC(=O)Nc4ccc(Cl)cc4Cl)c(=O)c23)C1. The highest BCUT2D eigenvalue weighted by atomic mass is 35.5. The third-order valence-electron chi connectivity index (χ3n) is 5.46. The van der Waals surface area contributed by atoms with Gasteiger partial charge in [-0.2, -0.15) is 0 Å². The minimum atomic E-state index is -0.342. The van der Waals surface area contributed by atoms with Crippen LogP contribution in [-0.2, 0) is 30.7 Å². The molecule has 2 aromatic heterocycles. The van der Waals surface area contributed by atoms with E-state index >= 15 is 0 Å². The number of amides is 1. The zero-order valence-corrected chi connectivity index (χ0v) is 20.0. The molecular weight excluding hydrogens is 455 g/mol. The van der Waals surface area contributed by atoms with Crippen LogP contribution in [0.4, 0.5) is 5.69 Å². The maximum atomic E-state index is 13.5. The lowest BCUT2D eigenvalue weighted by Crippen LogP contribution is -2.33. The van der Waals surface area contributed by atoms with Gasteiger partial charge in [0.15, 0.2) is 0 Å². The summed E-state index contributed by atoms with van der Waals surface area (Å²) in [4.78, 5) is 35.1. The molecule has 1 amide bonds. The second-order valence-corrected chi connectivity index (χ2v) is 10.3. The molecule has 0 aliphatic heterocycles. The molecule has 1 aliphatic rings. The largest absolute Gasteiger partial charge is 0.323 e. The molecule has 2 heterocycles. The second kappa shape index (κ2) is 8.90. The third kappa shape index (κ3) is 4.65. The third-order valence-corrected chi connectivity index (χ3v) is 7.15. The van der Waals surface area contributed by atoms with Crippen LogP contribution in [-0.4, -0.2) is 34.5 Å². The van der Waals surface area contributed by atoms with Crippen LogP contribution in [0.1, 0.15) is 29.6 Å². The molecule has 4 rings (SSSR count). The highest BCUT2D eigenvalue weighted by Crippen LogP contribution is 2.36. The summed E-state index contributed by atoms with van der Waals surface area (Å²) in [6.45, 7) is 2.56. The fourth-order valence-corrected chi connectivity index (χ4v) is 5.80. The number of nitrogens with one attached hydrogen (secondary N) is 1. The number of anilines is 1. The van der Waals surface area contributed by atoms with Gasteiger partial charge in [0.1, 0.15) is 17.2 Å². The number of carbonyl (C=O) groups is 1. The standard InChI is InChI=1S/C22H24Cl2N4O2S/c1-12-4-6-14-17(8-12)31-21-20(14)22(30)28(18(26-21)10-27(2)3)11-19(29)25-16-7-5-13(23)9-15(16)24/h5,7,9,12H,4,6,8,10-11H2,1-3H3,(H,25,29). The number of fused-ring (bicyclic) bond motifs is 3. The van der Waals surface area contributed by atoms with Crippen molar-refractivity contribution in [1.29, 1.82) is 0 Å². The molecule has 0 saturated heterocycles. The number of carbonyl (C=O) groups excluding carboxylic acids is 1. The van der Waals surface area contributed by atoms with Gasteiger partial charge in [-0.1, -0.05) is 30.1 Å². The van der Waals surface area contributed by atoms with E-state index in [1.807, 2.05) is 19.0 Å². The zero-order chi connectivity index (χ0) is 22.3. The lowest BCUT2D eigenvalue weighted by molar-refractivity contribution is -0.116. The van der Waals surface area contributed by atoms with Crippen LogP contribution >= 0.6 is 34.5 Å². The molecule has 0 radical (unpaired) electrons. The Bertz CT molecular complexity index is 1220. The van der Waals surface area contributed by atoms with Gasteiger partial charge < -0.3 is 10.2 Å². The van der Waals surface area contributed by atoms with E-state index < -0.39 is 0 Å². The van der Waals surface area contributed by atoms with Gasteiger partial charge in [0.2, 0.25) is 5.91 Å². The minimum Gasteiger partial charge on any atom is -0.323 e. The van der Waals surface area contributed by atoms with E-state index in [9.17, 15) is 9.59 Å².